The van der Waals surface area contributed by atoms with Crippen molar-refractivity contribution in [3.63, 3.8) is 0 Å². The van der Waals surface area contributed by atoms with Gasteiger partial charge < -0.3 is 4.42 Å². The van der Waals surface area contributed by atoms with Gasteiger partial charge in [-0.2, -0.15) is 0 Å². The van der Waals surface area contributed by atoms with Gasteiger partial charge in [0, 0.05) is 21.9 Å². The van der Waals surface area contributed by atoms with Crippen molar-refractivity contribution in [3.05, 3.63) is 157 Å². The molecule has 1 aromatic heterocycles. The zero-order valence-electron chi connectivity index (χ0n) is 33.6. The first kappa shape index (κ1) is 15.5. The van der Waals surface area contributed by atoms with Crippen LogP contribution in [0.4, 0.5) is 0 Å². The summed E-state index contributed by atoms with van der Waals surface area (Å²) in [4.78, 5) is 0. The molecule has 0 atom stereocenters. The van der Waals surface area contributed by atoms with E-state index in [1.165, 1.54) is 0 Å². The molecule has 200 valence electrons. The van der Waals surface area contributed by atoms with Gasteiger partial charge in [0.25, 0.3) is 0 Å². The molecule has 0 aliphatic rings. The van der Waals surface area contributed by atoms with E-state index in [1.807, 2.05) is 54.6 Å². The lowest BCUT2D eigenvalue weighted by atomic mass is 9.85. The van der Waals surface area contributed by atoms with Crippen molar-refractivity contribution in [1.29, 1.82) is 0 Å². The SMILES string of the molecule is [2H]c1c([2H])c(-c2ccc3ccccc3c2)c([2H])c(-c2c3ccccc3c(-c3c([2H])c([2H])c([2H])c4c3oc3c([2H])c([2H])c([2H])c([2H])c34)c3ccccc23)c1[2H]. The summed E-state index contributed by atoms with van der Waals surface area (Å²) in [5, 5.41) is 4.05. The summed E-state index contributed by atoms with van der Waals surface area (Å²) in [7, 11) is 0. The molecule has 9 rings (SSSR count). The monoisotopic (exact) mass is 557 g/mol. The number of fused-ring (bicyclic) bond motifs is 6. The number of rotatable bonds is 3. The smallest absolute Gasteiger partial charge is 0.143 e. The molecule has 1 heterocycles. The third-order valence-electron chi connectivity index (χ3n) is 8.03. The van der Waals surface area contributed by atoms with Crippen molar-refractivity contribution in [2.24, 2.45) is 0 Å². The highest BCUT2D eigenvalue weighted by Crippen LogP contribution is 2.46. The highest BCUT2D eigenvalue weighted by Gasteiger charge is 2.20. The van der Waals surface area contributed by atoms with E-state index in [1.54, 1.807) is 36.4 Å². The van der Waals surface area contributed by atoms with Crippen LogP contribution in [0.2, 0.25) is 0 Å². The van der Waals surface area contributed by atoms with Crippen LogP contribution in [-0.4, -0.2) is 0 Å². The predicted molar refractivity (Wildman–Crippen MR) is 183 cm³/mol. The van der Waals surface area contributed by atoms with Gasteiger partial charge in [-0.25, -0.2) is 0 Å². The maximum Gasteiger partial charge on any atom is 0.143 e. The first-order valence-electron chi connectivity index (χ1n) is 19.4. The Kier molecular flexibility index (Phi) is 3.41. The van der Waals surface area contributed by atoms with Gasteiger partial charge in [0.05, 0.1) is 15.1 Å². The van der Waals surface area contributed by atoms with Crippen molar-refractivity contribution in [1.82, 2.24) is 0 Å². The Hall–Kier alpha value is -5.66. The zero-order valence-corrected chi connectivity index (χ0v) is 22.6. The van der Waals surface area contributed by atoms with Crippen molar-refractivity contribution >= 4 is 54.3 Å². The van der Waals surface area contributed by atoms with Crippen LogP contribution in [0.5, 0.6) is 0 Å². The minimum Gasteiger partial charge on any atom is -0.455 e. The first-order chi connectivity index (χ1) is 25.9. The highest BCUT2D eigenvalue weighted by molar-refractivity contribution is 6.24. The number of hydrogen-bond donors (Lipinski definition) is 0. The maximum absolute atomic E-state index is 9.63. The molecule has 9 aromatic rings. The second kappa shape index (κ2) is 9.44. The molecule has 1 heteroatoms. The first-order valence-corrected chi connectivity index (χ1v) is 13.9. The fourth-order valence-corrected chi connectivity index (χ4v) is 6.13. The Morgan fingerprint density at radius 3 is 1.86 bits per heavy atom. The van der Waals surface area contributed by atoms with Crippen LogP contribution in [0, 0.1) is 0 Å². The lowest BCUT2D eigenvalue weighted by Crippen LogP contribution is -1.91. The Balaban J connectivity index is 1.44. The van der Waals surface area contributed by atoms with Crippen molar-refractivity contribution in [3.8, 4) is 33.4 Å². The van der Waals surface area contributed by atoms with Crippen LogP contribution in [0.15, 0.2) is 162 Å². The van der Waals surface area contributed by atoms with Gasteiger partial charge in [-0.05, 0) is 72.7 Å². The molecule has 0 unspecified atom stereocenters. The second-order valence-corrected chi connectivity index (χ2v) is 10.4. The van der Waals surface area contributed by atoms with E-state index < -0.39 is 36.3 Å². The van der Waals surface area contributed by atoms with Gasteiger partial charge >= 0.3 is 0 Å². The van der Waals surface area contributed by atoms with Gasteiger partial charge in [-0.1, -0.05) is 139 Å². The summed E-state index contributed by atoms with van der Waals surface area (Å²) in [5.41, 5.74) is 1.78. The van der Waals surface area contributed by atoms with E-state index in [9.17, 15) is 4.11 Å². The molecule has 0 aliphatic heterocycles. The van der Waals surface area contributed by atoms with Gasteiger partial charge in [0.1, 0.15) is 11.2 Å². The summed E-state index contributed by atoms with van der Waals surface area (Å²) in [5.74, 6) is 0. The Bertz CT molecular complexity index is 3070. The fourth-order valence-electron chi connectivity index (χ4n) is 6.13. The lowest BCUT2D eigenvalue weighted by molar-refractivity contribution is 0.670. The minimum atomic E-state index is -0.509. The summed E-state index contributed by atoms with van der Waals surface area (Å²) in [6, 6.07) is 23.8. The van der Waals surface area contributed by atoms with Crippen LogP contribution >= 0.6 is 0 Å². The predicted octanol–water partition coefficient (Wildman–Crippen LogP) is 12.0. The normalized spacial score (nSPS) is 15.3. The van der Waals surface area contributed by atoms with Gasteiger partial charge in [0.15, 0.2) is 0 Å². The minimum absolute atomic E-state index is 0.00274. The van der Waals surface area contributed by atoms with Crippen molar-refractivity contribution < 1.29 is 19.5 Å². The molecule has 0 aliphatic carbocycles. The molecule has 0 N–H and O–H groups in total. The van der Waals surface area contributed by atoms with Crippen molar-refractivity contribution in [2.45, 2.75) is 0 Å². The van der Waals surface area contributed by atoms with E-state index in [4.69, 9.17) is 15.4 Å². The second-order valence-electron chi connectivity index (χ2n) is 10.4. The quantitative estimate of drug-likeness (QED) is 0.197. The average molecular weight is 558 g/mol. The Morgan fingerprint density at radius 1 is 0.442 bits per heavy atom. The van der Waals surface area contributed by atoms with Crippen LogP contribution < -0.4 is 0 Å². The molecule has 0 fully saturated rings. The van der Waals surface area contributed by atoms with Crippen molar-refractivity contribution in [2.75, 3.05) is 0 Å². The fraction of sp³-hybridized carbons (Fsp3) is 0. The Morgan fingerprint density at radius 2 is 1.07 bits per heavy atom. The lowest BCUT2D eigenvalue weighted by Gasteiger charge is -2.18. The van der Waals surface area contributed by atoms with Gasteiger partial charge in [0.2, 0.25) is 0 Å². The molecule has 0 spiro atoms. The standard InChI is InChI=1S/C42H26O/c1-2-12-28-25-30(24-23-27(28)11-1)29-13-9-14-31(26-29)40-33-16-3-5-18-35(33)41(36-19-6-4-17-34(36)40)38-21-10-20-37-32-15-7-8-22-39(32)43-42(37)38/h1-26H/i7D,8D,9D,10D,13D,14D,15D,20D,21D,22D,26D. The topological polar surface area (TPSA) is 13.1 Å². The molecule has 43 heavy (non-hydrogen) atoms. The van der Waals surface area contributed by atoms with Gasteiger partial charge in [-0.15, -0.1) is 0 Å². The molecular weight excluding hydrogens is 520 g/mol. The van der Waals surface area contributed by atoms with Crippen LogP contribution in [0.3, 0.4) is 0 Å². The maximum atomic E-state index is 9.63. The number of para-hydroxylation sites is 2. The molecule has 0 bridgehead atoms. The largest absolute Gasteiger partial charge is 0.455 e. The highest BCUT2D eigenvalue weighted by atomic mass is 16.3. The van der Waals surface area contributed by atoms with E-state index in [2.05, 4.69) is 0 Å². The zero-order chi connectivity index (χ0) is 37.9. The molecule has 8 aromatic carbocycles. The third-order valence-corrected chi connectivity index (χ3v) is 8.03. The summed E-state index contributed by atoms with van der Waals surface area (Å²) in [6.45, 7) is 0. The number of benzene rings is 8. The molecule has 0 saturated heterocycles. The average Bonchev–Trinajstić information content (AvgIpc) is 3.59. The molecule has 0 saturated carbocycles. The molecule has 1 nitrogen and oxygen atoms in total. The van der Waals surface area contributed by atoms with E-state index in [0.29, 0.717) is 38.2 Å². The van der Waals surface area contributed by atoms with Gasteiger partial charge in [-0.3, -0.25) is 0 Å². The van der Waals surface area contributed by atoms with Crippen LogP contribution in [0.1, 0.15) is 15.1 Å². The van der Waals surface area contributed by atoms with E-state index in [-0.39, 0.29) is 68.8 Å². The molecular formula is C42H26O. The summed E-state index contributed by atoms with van der Waals surface area (Å²) in [6.07, 6.45) is 0. The number of furan rings is 1. The van der Waals surface area contributed by atoms with E-state index in [0.717, 1.165) is 10.8 Å². The summed E-state index contributed by atoms with van der Waals surface area (Å²) < 4.78 is 104. The van der Waals surface area contributed by atoms with Crippen LogP contribution in [-0.2, 0) is 0 Å². The molecule has 0 radical (unpaired) electrons. The summed E-state index contributed by atoms with van der Waals surface area (Å²) >= 11 is 0. The Labute approximate surface area is 264 Å². The number of hydrogen-bond acceptors (Lipinski definition) is 1. The van der Waals surface area contributed by atoms with E-state index >= 15 is 0 Å². The van der Waals surface area contributed by atoms with Crippen LogP contribution in [0.25, 0.3) is 87.6 Å². The third kappa shape index (κ3) is 3.72. The molecule has 0 amide bonds.